The molecule has 0 bridgehead atoms. The van der Waals surface area contributed by atoms with Crippen molar-refractivity contribution in [1.82, 2.24) is 5.32 Å². The molecule has 0 unspecified atom stereocenters. The Balaban J connectivity index is 4.66. The number of ether oxygens (including phenoxy) is 1. The minimum atomic E-state index is -1.81. The number of amides is 1. The Labute approximate surface area is 145 Å². The maximum absolute atomic E-state index is 11.8. The Morgan fingerprint density at radius 2 is 1.79 bits per heavy atom. The van der Waals surface area contributed by atoms with Gasteiger partial charge in [-0.15, -0.1) is 11.5 Å². The average molecular weight is 356 g/mol. The second-order valence-electron chi connectivity index (χ2n) is 7.14. The van der Waals surface area contributed by atoms with E-state index in [1.807, 2.05) is 0 Å². The quantitative estimate of drug-likeness (QED) is 0.415. The van der Waals surface area contributed by atoms with E-state index in [1.165, 1.54) is 0 Å². The van der Waals surface area contributed by atoms with Crippen molar-refractivity contribution in [2.75, 3.05) is 6.61 Å². The molecule has 0 aromatic carbocycles. The second kappa shape index (κ2) is 9.47. The highest BCUT2D eigenvalue weighted by molar-refractivity contribution is 6.87. The lowest BCUT2D eigenvalue weighted by atomic mass is 10.2. The zero-order valence-corrected chi connectivity index (χ0v) is 16.5. The van der Waals surface area contributed by atoms with Crippen LogP contribution in [0.5, 0.6) is 0 Å². The molecule has 0 aliphatic carbocycles. The average Bonchev–Trinajstić information content (AvgIpc) is 2.42. The molecule has 1 atom stereocenters. The molecule has 6 nitrogen and oxygen atoms in total. The Bertz CT molecular complexity index is 525. The first-order valence-corrected chi connectivity index (χ1v) is 11.1. The monoisotopic (exact) mass is 355 g/mol. The fourth-order valence-electron chi connectivity index (χ4n) is 1.48. The van der Waals surface area contributed by atoms with E-state index in [-0.39, 0.29) is 30.9 Å². The Hall–Kier alpha value is -1.81. The summed E-state index contributed by atoms with van der Waals surface area (Å²) < 4.78 is 4.73. The van der Waals surface area contributed by atoms with Gasteiger partial charge in [-0.05, 0) is 12.0 Å². The van der Waals surface area contributed by atoms with Crippen molar-refractivity contribution in [2.24, 2.45) is 0 Å². The summed E-state index contributed by atoms with van der Waals surface area (Å²) in [4.78, 5) is 34.2. The van der Waals surface area contributed by atoms with E-state index in [1.54, 1.807) is 6.92 Å². The number of nitrogens with one attached hydrogen (secondary N) is 1. The van der Waals surface area contributed by atoms with E-state index >= 15 is 0 Å². The minimum absolute atomic E-state index is 0.0486. The third-order valence-corrected chi connectivity index (χ3v) is 8.63. The largest absolute Gasteiger partial charge is 0.480 e. The van der Waals surface area contributed by atoms with Crippen LogP contribution in [0.15, 0.2) is 0 Å². The highest BCUT2D eigenvalue weighted by Crippen LogP contribution is 2.35. The van der Waals surface area contributed by atoms with Crippen LogP contribution in [0.2, 0.25) is 18.1 Å². The molecular weight excluding hydrogens is 326 g/mol. The van der Waals surface area contributed by atoms with Gasteiger partial charge in [0.1, 0.15) is 14.1 Å². The predicted octanol–water partition coefficient (Wildman–Crippen LogP) is 2.34. The van der Waals surface area contributed by atoms with Crippen molar-refractivity contribution in [2.45, 2.75) is 71.1 Å². The van der Waals surface area contributed by atoms with Crippen molar-refractivity contribution >= 4 is 25.9 Å². The van der Waals surface area contributed by atoms with Gasteiger partial charge >= 0.3 is 11.9 Å². The van der Waals surface area contributed by atoms with Gasteiger partial charge in [-0.1, -0.05) is 33.9 Å². The third kappa shape index (κ3) is 8.16. The summed E-state index contributed by atoms with van der Waals surface area (Å²) in [5.74, 6) is 0.823. The van der Waals surface area contributed by atoms with Crippen LogP contribution in [0.25, 0.3) is 0 Å². The number of carboxylic acids is 1. The summed E-state index contributed by atoms with van der Waals surface area (Å²) >= 11 is 0. The van der Waals surface area contributed by atoms with E-state index in [0.29, 0.717) is 0 Å². The molecule has 0 rings (SSSR count). The van der Waals surface area contributed by atoms with Crippen LogP contribution < -0.4 is 5.32 Å². The first-order valence-electron chi connectivity index (χ1n) is 8.08. The van der Waals surface area contributed by atoms with Gasteiger partial charge in [-0.25, -0.2) is 4.79 Å². The zero-order chi connectivity index (χ0) is 19.0. The van der Waals surface area contributed by atoms with E-state index in [9.17, 15) is 19.5 Å². The molecule has 7 heteroatoms. The molecule has 2 N–H and O–H groups in total. The number of carboxylic acid groups (broad SMARTS) is 1. The first kappa shape index (κ1) is 22.2. The topological polar surface area (TPSA) is 92.7 Å². The van der Waals surface area contributed by atoms with Gasteiger partial charge in [0.25, 0.3) is 0 Å². The normalized spacial score (nSPS) is 12.6. The van der Waals surface area contributed by atoms with Crippen LogP contribution >= 0.6 is 0 Å². The minimum Gasteiger partial charge on any atom is -0.480 e. The van der Waals surface area contributed by atoms with Crippen LogP contribution in [0, 0.1) is 11.5 Å². The van der Waals surface area contributed by atoms with Crippen LogP contribution in [-0.2, 0) is 19.1 Å². The third-order valence-electron chi connectivity index (χ3n) is 4.08. The van der Waals surface area contributed by atoms with E-state index in [0.717, 1.165) is 0 Å². The van der Waals surface area contributed by atoms with E-state index in [4.69, 9.17) is 4.74 Å². The summed E-state index contributed by atoms with van der Waals surface area (Å²) in [6, 6.07) is -1.07. The lowest BCUT2D eigenvalue weighted by Crippen LogP contribution is -2.41. The van der Waals surface area contributed by atoms with Gasteiger partial charge in [0.05, 0.1) is 13.0 Å². The SMILES string of the molecule is CCOC(=O)CCC(=O)N[C@H](CC#C[Si](C)(C)C(C)(C)C)C(=O)O. The molecule has 1 amide bonds. The highest BCUT2D eigenvalue weighted by Gasteiger charge is 2.33. The maximum atomic E-state index is 11.8. The summed E-state index contributed by atoms with van der Waals surface area (Å²) in [5.41, 5.74) is 3.22. The Morgan fingerprint density at radius 3 is 2.25 bits per heavy atom. The van der Waals surface area contributed by atoms with Gasteiger partial charge in [0, 0.05) is 12.8 Å². The summed E-state index contributed by atoms with van der Waals surface area (Å²) in [7, 11) is -1.81. The maximum Gasteiger partial charge on any atom is 0.327 e. The fraction of sp³-hybridized carbons (Fsp3) is 0.706. The number of hydrogen-bond acceptors (Lipinski definition) is 4. The number of rotatable bonds is 7. The van der Waals surface area contributed by atoms with Crippen molar-refractivity contribution in [1.29, 1.82) is 0 Å². The van der Waals surface area contributed by atoms with Gasteiger partial charge < -0.3 is 15.2 Å². The standard InChI is InChI=1S/C17H29NO5Si/c1-7-23-15(20)11-10-14(19)18-13(16(21)22)9-8-12-24(5,6)17(2,3)4/h13H,7,9-11H2,1-6H3,(H,18,19)(H,21,22)/t13-/m1/s1. The van der Waals surface area contributed by atoms with Crippen LogP contribution in [0.3, 0.4) is 0 Å². The number of carbonyl (C=O) groups is 3. The van der Waals surface area contributed by atoms with Gasteiger partial charge in [-0.3, -0.25) is 9.59 Å². The first-order chi connectivity index (χ1) is 10.9. The molecule has 136 valence electrons. The van der Waals surface area contributed by atoms with Crippen molar-refractivity contribution < 1.29 is 24.2 Å². The van der Waals surface area contributed by atoms with E-state index in [2.05, 4.69) is 50.6 Å². The fourth-order valence-corrected chi connectivity index (χ4v) is 2.40. The van der Waals surface area contributed by atoms with Crippen LogP contribution in [0.1, 0.15) is 47.0 Å². The molecule has 0 aliphatic rings. The lowest BCUT2D eigenvalue weighted by molar-refractivity contribution is -0.144. The summed E-state index contributed by atoms with van der Waals surface area (Å²) in [6.45, 7) is 12.6. The predicted molar refractivity (Wildman–Crippen MR) is 95.0 cm³/mol. The molecule has 0 aromatic heterocycles. The molecule has 24 heavy (non-hydrogen) atoms. The molecule has 0 aromatic rings. The lowest BCUT2D eigenvalue weighted by Gasteiger charge is -2.31. The zero-order valence-electron chi connectivity index (χ0n) is 15.5. The number of aliphatic carboxylic acids is 1. The Morgan fingerprint density at radius 1 is 1.21 bits per heavy atom. The van der Waals surface area contributed by atoms with Gasteiger partial charge in [0.15, 0.2) is 0 Å². The number of carbonyl (C=O) groups excluding carboxylic acids is 2. The molecular formula is C17H29NO5Si. The van der Waals surface area contributed by atoms with E-state index < -0.39 is 32.0 Å². The second-order valence-corrected chi connectivity index (χ2v) is 12.1. The van der Waals surface area contributed by atoms with Gasteiger partial charge in [0.2, 0.25) is 5.91 Å². The van der Waals surface area contributed by atoms with Gasteiger partial charge in [-0.2, -0.15) is 0 Å². The molecule has 0 radical (unpaired) electrons. The van der Waals surface area contributed by atoms with Crippen molar-refractivity contribution in [3.8, 4) is 11.5 Å². The molecule has 0 saturated heterocycles. The van der Waals surface area contributed by atoms with Crippen molar-refractivity contribution in [3.05, 3.63) is 0 Å². The molecule has 0 saturated carbocycles. The molecule has 0 fully saturated rings. The molecule has 0 aliphatic heterocycles. The van der Waals surface area contributed by atoms with Crippen molar-refractivity contribution in [3.63, 3.8) is 0 Å². The number of esters is 1. The molecule has 0 spiro atoms. The number of hydrogen-bond donors (Lipinski definition) is 2. The van der Waals surface area contributed by atoms with Crippen LogP contribution in [-0.4, -0.2) is 43.7 Å². The van der Waals surface area contributed by atoms with Crippen LogP contribution in [0.4, 0.5) is 0 Å². The smallest absolute Gasteiger partial charge is 0.327 e. The summed E-state index contributed by atoms with van der Waals surface area (Å²) in [6.07, 6.45) is -0.118. The Kier molecular flexibility index (Phi) is 8.76. The molecule has 0 heterocycles. The highest BCUT2D eigenvalue weighted by atomic mass is 28.3. The summed E-state index contributed by atoms with van der Waals surface area (Å²) in [5, 5.41) is 11.7.